The van der Waals surface area contributed by atoms with E-state index in [9.17, 15) is 4.79 Å². The normalized spacial score (nSPS) is 20.4. The molecule has 2 atom stereocenters. The van der Waals surface area contributed by atoms with E-state index >= 15 is 0 Å². The third-order valence-electron chi connectivity index (χ3n) is 7.62. The summed E-state index contributed by atoms with van der Waals surface area (Å²) >= 11 is 0. The molecule has 0 aliphatic carbocycles. The Morgan fingerprint density at radius 3 is 2.80 bits per heavy atom. The van der Waals surface area contributed by atoms with E-state index in [2.05, 4.69) is 15.3 Å². The first kappa shape index (κ1) is 27.2. The van der Waals surface area contributed by atoms with Crippen LogP contribution in [0.3, 0.4) is 0 Å². The Labute approximate surface area is 239 Å². The number of carbonyl (C=O) groups excluding carboxylic acids is 1. The van der Waals surface area contributed by atoms with Gasteiger partial charge < -0.3 is 19.5 Å². The number of likely N-dealkylation sites (N-methyl/N-ethyl adjacent to an activating group) is 1. The van der Waals surface area contributed by atoms with Crippen LogP contribution in [-0.2, 0) is 29.2 Å². The van der Waals surface area contributed by atoms with Crippen LogP contribution in [0.2, 0.25) is 0 Å². The molecule has 214 valence electrons. The third kappa shape index (κ3) is 6.04. The van der Waals surface area contributed by atoms with Crippen molar-refractivity contribution in [2.45, 2.75) is 45.7 Å². The summed E-state index contributed by atoms with van der Waals surface area (Å²) in [5.74, 6) is 1.96. The Kier molecular flexibility index (Phi) is 7.61. The molecule has 41 heavy (non-hydrogen) atoms. The molecule has 2 aliphatic rings. The summed E-state index contributed by atoms with van der Waals surface area (Å²) in [6.45, 7) is 7.32. The van der Waals surface area contributed by atoms with E-state index in [4.69, 9.17) is 19.2 Å². The first-order valence-electron chi connectivity index (χ1n) is 13.9. The minimum absolute atomic E-state index is 0.0315. The molecular weight excluding hydrogens is 520 g/mol. The van der Waals surface area contributed by atoms with Crippen LogP contribution in [0.4, 0.5) is 0 Å². The maximum Gasteiger partial charge on any atom is 0.234 e. The Morgan fingerprint density at radius 1 is 1.07 bits per heavy atom. The molecule has 4 heterocycles. The first-order chi connectivity index (χ1) is 19.8. The molecule has 1 fully saturated rings. The van der Waals surface area contributed by atoms with Crippen molar-refractivity contribution in [3.05, 3.63) is 82.8 Å². The van der Waals surface area contributed by atoms with Crippen molar-refractivity contribution >= 4 is 11.6 Å². The number of aryl methyl sites for hydroxylation is 2. The minimum Gasteiger partial charge on any atom is -0.493 e. The van der Waals surface area contributed by atoms with Crippen LogP contribution < -0.4 is 14.8 Å². The molecule has 0 spiro atoms. The highest BCUT2D eigenvalue weighted by molar-refractivity contribution is 5.78. The van der Waals surface area contributed by atoms with E-state index in [0.717, 1.165) is 33.7 Å². The van der Waals surface area contributed by atoms with Crippen molar-refractivity contribution < 1.29 is 19.0 Å². The Hall–Kier alpha value is -3.99. The van der Waals surface area contributed by atoms with Gasteiger partial charge in [-0.15, -0.1) is 0 Å². The molecule has 2 aromatic heterocycles. The lowest BCUT2D eigenvalue weighted by Gasteiger charge is -2.23. The number of methoxy groups -OCH3 is 1. The maximum absolute atomic E-state index is 13.2. The Morgan fingerprint density at radius 2 is 1.95 bits per heavy atom. The Bertz CT molecular complexity index is 1570. The number of fused-ring (bicyclic) bond motifs is 6. The summed E-state index contributed by atoms with van der Waals surface area (Å²) in [5, 5.41) is 7.82. The standard InChI is InChI=1S/C31H36N6O4/c1-20-10-21(2)37-31(33-20)24(13-32-37)15-36-16-26-29(17-36)40-19-23-6-5-7-25(11-23)41-28-12-22(8-9-27(28)39-4)14-35(3)18-30(38)34-26/h5-13,26,29H,14-19H2,1-4H3,(H,34,38)/t26-,29-/m0/s1. The number of aromatic nitrogens is 3. The van der Waals surface area contributed by atoms with E-state index in [1.807, 2.05) is 85.0 Å². The van der Waals surface area contributed by atoms with Crippen LogP contribution in [0, 0.1) is 13.8 Å². The molecule has 4 aromatic rings. The number of likely N-dealkylation sites (tertiary alicyclic amines) is 1. The summed E-state index contributed by atoms with van der Waals surface area (Å²) in [6, 6.07) is 15.6. The van der Waals surface area contributed by atoms with Gasteiger partial charge in [0.25, 0.3) is 0 Å². The van der Waals surface area contributed by atoms with Crippen molar-refractivity contribution in [2.24, 2.45) is 0 Å². The topological polar surface area (TPSA) is 93.5 Å². The minimum atomic E-state index is -0.173. The SMILES string of the molecule is COc1ccc2cc1Oc1cccc(c1)CO[C@H]1CN(Cc3cnn4c(C)cc(C)nc34)C[C@@H]1NC(=O)CN(C)C2. The zero-order valence-electron chi connectivity index (χ0n) is 24.0. The molecule has 2 aliphatic heterocycles. The fourth-order valence-electron chi connectivity index (χ4n) is 5.75. The summed E-state index contributed by atoms with van der Waals surface area (Å²) in [6.07, 6.45) is 1.72. The second-order valence-corrected chi connectivity index (χ2v) is 11.1. The number of benzene rings is 2. The van der Waals surface area contributed by atoms with E-state index in [1.165, 1.54) is 0 Å². The van der Waals surface area contributed by atoms with Gasteiger partial charge in [0.1, 0.15) is 5.75 Å². The third-order valence-corrected chi connectivity index (χ3v) is 7.62. The summed E-state index contributed by atoms with van der Waals surface area (Å²) < 4.78 is 20.1. The van der Waals surface area contributed by atoms with Gasteiger partial charge in [-0.2, -0.15) is 5.10 Å². The van der Waals surface area contributed by atoms with Crippen molar-refractivity contribution in [3.8, 4) is 17.2 Å². The van der Waals surface area contributed by atoms with Gasteiger partial charge in [-0.3, -0.25) is 14.6 Å². The number of nitrogens with one attached hydrogen (secondary N) is 1. The van der Waals surface area contributed by atoms with E-state index in [1.54, 1.807) is 7.11 Å². The summed E-state index contributed by atoms with van der Waals surface area (Å²) in [4.78, 5) is 22.2. The highest BCUT2D eigenvalue weighted by Gasteiger charge is 2.35. The smallest absolute Gasteiger partial charge is 0.234 e. The summed E-state index contributed by atoms with van der Waals surface area (Å²) in [7, 11) is 3.57. The van der Waals surface area contributed by atoms with Gasteiger partial charge in [-0.25, -0.2) is 9.50 Å². The van der Waals surface area contributed by atoms with Gasteiger partial charge in [-0.1, -0.05) is 18.2 Å². The van der Waals surface area contributed by atoms with Crippen molar-refractivity contribution in [1.29, 1.82) is 0 Å². The van der Waals surface area contributed by atoms with Crippen LogP contribution in [0.15, 0.2) is 54.7 Å². The first-order valence-corrected chi connectivity index (χ1v) is 13.9. The monoisotopic (exact) mass is 556 g/mol. The maximum atomic E-state index is 13.2. The average molecular weight is 557 g/mol. The number of hydrogen-bond donors (Lipinski definition) is 1. The molecule has 10 heteroatoms. The highest BCUT2D eigenvalue weighted by atomic mass is 16.5. The number of ether oxygens (including phenoxy) is 3. The number of rotatable bonds is 3. The number of amides is 1. The number of carbonyl (C=O) groups is 1. The van der Waals surface area contributed by atoms with Crippen LogP contribution in [0.25, 0.3) is 5.65 Å². The van der Waals surface area contributed by atoms with Crippen molar-refractivity contribution in [2.75, 3.05) is 33.8 Å². The second kappa shape index (κ2) is 11.5. The fraction of sp³-hybridized carbons (Fsp3) is 0.387. The number of nitrogens with zero attached hydrogens (tertiary/aromatic N) is 5. The van der Waals surface area contributed by atoms with Crippen LogP contribution >= 0.6 is 0 Å². The average Bonchev–Trinajstić information content (AvgIpc) is 3.50. The molecule has 10 nitrogen and oxygen atoms in total. The van der Waals surface area contributed by atoms with Gasteiger partial charge >= 0.3 is 0 Å². The van der Waals surface area contributed by atoms with Crippen molar-refractivity contribution in [1.82, 2.24) is 29.7 Å². The molecule has 6 rings (SSSR count). The highest BCUT2D eigenvalue weighted by Crippen LogP contribution is 2.33. The largest absolute Gasteiger partial charge is 0.493 e. The Balaban J connectivity index is 1.25. The lowest BCUT2D eigenvalue weighted by Crippen LogP contribution is -2.47. The molecule has 1 saturated heterocycles. The van der Waals surface area contributed by atoms with Gasteiger partial charge in [0.2, 0.25) is 5.91 Å². The van der Waals surface area contributed by atoms with Crippen LogP contribution in [0.1, 0.15) is 28.1 Å². The molecular formula is C31H36N6O4. The molecule has 2 aromatic carbocycles. The quantitative estimate of drug-likeness (QED) is 0.410. The zero-order valence-corrected chi connectivity index (χ0v) is 24.0. The molecule has 0 saturated carbocycles. The van der Waals surface area contributed by atoms with Gasteiger partial charge in [0.05, 0.1) is 38.6 Å². The lowest BCUT2D eigenvalue weighted by atomic mass is 10.1. The zero-order chi connectivity index (χ0) is 28.5. The van der Waals surface area contributed by atoms with Crippen LogP contribution in [-0.4, -0.2) is 76.2 Å². The van der Waals surface area contributed by atoms with Crippen LogP contribution in [0.5, 0.6) is 17.2 Å². The van der Waals surface area contributed by atoms with E-state index in [0.29, 0.717) is 50.0 Å². The fourth-order valence-corrected chi connectivity index (χ4v) is 5.75. The predicted molar refractivity (Wildman–Crippen MR) is 154 cm³/mol. The van der Waals surface area contributed by atoms with E-state index < -0.39 is 0 Å². The number of hydrogen-bond acceptors (Lipinski definition) is 8. The molecule has 4 bridgehead atoms. The van der Waals surface area contributed by atoms with Gasteiger partial charge in [0.15, 0.2) is 17.1 Å². The van der Waals surface area contributed by atoms with E-state index in [-0.39, 0.29) is 24.6 Å². The predicted octanol–water partition coefficient (Wildman–Crippen LogP) is 3.48. The lowest BCUT2D eigenvalue weighted by molar-refractivity contribution is -0.123. The van der Waals surface area contributed by atoms with Gasteiger partial charge in [-0.05, 0) is 62.4 Å². The molecule has 0 unspecified atom stereocenters. The van der Waals surface area contributed by atoms with Crippen molar-refractivity contribution in [3.63, 3.8) is 0 Å². The van der Waals surface area contributed by atoms with Gasteiger partial charge in [0, 0.05) is 43.1 Å². The summed E-state index contributed by atoms with van der Waals surface area (Å²) in [5.41, 5.74) is 5.97. The second-order valence-electron chi connectivity index (χ2n) is 11.1. The molecule has 1 amide bonds. The molecule has 0 radical (unpaired) electrons. The molecule has 1 N–H and O–H groups in total.